The summed E-state index contributed by atoms with van der Waals surface area (Å²) in [6, 6.07) is 0. The van der Waals surface area contributed by atoms with Gasteiger partial charge in [0.2, 0.25) is 0 Å². The monoisotopic (exact) mass is 174 g/mol. The summed E-state index contributed by atoms with van der Waals surface area (Å²) in [5.41, 5.74) is 0. The maximum absolute atomic E-state index is 10.1. The van der Waals surface area contributed by atoms with E-state index in [4.69, 9.17) is 9.84 Å². The molecular weight excluding hydrogens is 160 g/mol. The summed E-state index contributed by atoms with van der Waals surface area (Å²) in [5.74, 6) is -0.834. The standard InChI is InChI=1S/C7H14N2O3/c10-7(11)5-9-4-6-3-8-1-2-12-6/h6,8-9H,1-5H2,(H,10,11). The lowest BCUT2D eigenvalue weighted by Gasteiger charge is -2.23. The number of carbonyl (C=O) groups is 1. The van der Waals surface area contributed by atoms with Gasteiger partial charge in [-0.15, -0.1) is 0 Å². The number of aliphatic carboxylic acids is 1. The number of carboxylic acid groups (broad SMARTS) is 1. The van der Waals surface area contributed by atoms with Crippen molar-refractivity contribution in [3.8, 4) is 0 Å². The summed E-state index contributed by atoms with van der Waals surface area (Å²) in [6.07, 6.45) is 0.109. The SMILES string of the molecule is O=C(O)CNCC1CNCCO1. The fourth-order valence-corrected chi connectivity index (χ4v) is 1.09. The number of ether oxygens (including phenoxy) is 1. The van der Waals surface area contributed by atoms with Gasteiger partial charge in [0.05, 0.1) is 19.3 Å². The van der Waals surface area contributed by atoms with Gasteiger partial charge in [0.15, 0.2) is 0 Å². The third-order valence-electron chi connectivity index (χ3n) is 1.65. The minimum atomic E-state index is -0.834. The molecule has 0 aromatic heterocycles. The molecule has 1 rings (SSSR count). The molecule has 0 aliphatic carbocycles. The van der Waals surface area contributed by atoms with Gasteiger partial charge in [-0.1, -0.05) is 0 Å². The molecule has 12 heavy (non-hydrogen) atoms. The highest BCUT2D eigenvalue weighted by molar-refractivity contribution is 5.68. The molecule has 0 aromatic carbocycles. The second-order valence-corrected chi connectivity index (χ2v) is 2.72. The van der Waals surface area contributed by atoms with E-state index in [1.54, 1.807) is 0 Å². The van der Waals surface area contributed by atoms with E-state index in [0.29, 0.717) is 13.2 Å². The normalized spacial score (nSPS) is 23.8. The van der Waals surface area contributed by atoms with Crippen LogP contribution in [0.15, 0.2) is 0 Å². The first-order valence-corrected chi connectivity index (χ1v) is 4.04. The molecule has 3 N–H and O–H groups in total. The van der Waals surface area contributed by atoms with E-state index in [1.807, 2.05) is 0 Å². The van der Waals surface area contributed by atoms with Crippen LogP contribution in [0.2, 0.25) is 0 Å². The molecular formula is C7H14N2O3. The molecule has 1 fully saturated rings. The van der Waals surface area contributed by atoms with E-state index in [-0.39, 0.29) is 12.6 Å². The largest absolute Gasteiger partial charge is 0.480 e. The molecule has 0 radical (unpaired) electrons. The Bertz CT molecular complexity index is 146. The minimum absolute atomic E-state index is 0.000139. The Morgan fingerprint density at radius 1 is 1.75 bits per heavy atom. The first kappa shape index (κ1) is 9.44. The van der Waals surface area contributed by atoms with Gasteiger partial charge in [-0.25, -0.2) is 0 Å². The molecule has 70 valence electrons. The van der Waals surface area contributed by atoms with E-state index >= 15 is 0 Å². The quantitative estimate of drug-likeness (QED) is 0.491. The molecule has 0 bridgehead atoms. The molecule has 1 heterocycles. The topological polar surface area (TPSA) is 70.6 Å². The van der Waals surface area contributed by atoms with E-state index in [2.05, 4.69) is 10.6 Å². The van der Waals surface area contributed by atoms with Gasteiger partial charge >= 0.3 is 5.97 Å². The second-order valence-electron chi connectivity index (χ2n) is 2.72. The van der Waals surface area contributed by atoms with Crippen LogP contribution in [0.5, 0.6) is 0 Å². The number of nitrogens with one attached hydrogen (secondary N) is 2. The van der Waals surface area contributed by atoms with E-state index in [1.165, 1.54) is 0 Å². The summed E-state index contributed by atoms with van der Waals surface area (Å²) in [4.78, 5) is 10.1. The summed E-state index contributed by atoms with van der Waals surface area (Å²) in [6.45, 7) is 2.99. The molecule has 0 aromatic rings. The third kappa shape index (κ3) is 3.66. The molecule has 1 unspecified atom stereocenters. The highest BCUT2D eigenvalue weighted by Crippen LogP contribution is 1.92. The molecule has 1 aliphatic rings. The number of hydrogen-bond acceptors (Lipinski definition) is 4. The zero-order valence-corrected chi connectivity index (χ0v) is 6.88. The van der Waals surface area contributed by atoms with Crippen LogP contribution in [0.4, 0.5) is 0 Å². The van der Waals surface area contributed by atoms with Crippen LogP contribution >= 0.6 is 0 Å². The van der Waals surface area contributed by atoms with Crippen molar-refractivity contribution in [2.45, 2.75) is 6.10 Å². The smallest absolute Gasteiger partial charge is 0.317 e. The van der Waals surface area contributed by atoms with Crippen molar-refractivity contribution in [1.82, 2.24) is 10.6 Å². The number of hydrogen-bond donors (Lipinski definition) is 3. The van der Waals surface area contributed by atoms with Crippen molar-refractivity contribution in [1.29, 1.82) is 0 Å². The van der Waals surface area contributed by atoms with E-state index in [9.17, 15) is 4.79 Å². The lowest BCUT2D eigenvalue weighted by molar-refractivity contribution is -0.136. The number of rotatable bonds is 4. The second kappa shape index (κ2) is 5.08. The Balaban J connectivity index is 2.01. The Kier molecular flexibility index (Phi) is 3.99. The van der Waals surface area contributed by atoms with Gasteiger partial charge < -0.3 is 20.5 Å². The van der Waals surface area contributed by atoms with Crippen molar-refractivity contribution in [3.63, 3.8) is 0 Å². The molecule has 0 spiro atoms. The van der Waals surface area contributed by atoms with Crippen LogP contribution in [0.1, 0.15) is 0 Å². The van der Waals surface area contributed by atoms with Gasteiger partial charge in [-0.2, -0.15) is 0 Å². The van der Waals surface area contributed by atoms with Crippen LogP contribution in [-0.2, 0) is 9.53 Å². The van der Waals surface area contributed by atoms with Crippen LogP contribution in [0, 0.1) is 0 Å². The molecule has 5 nitrogen and oxygen atoms in total. The Labute approximate surface area is 71.1 Å². The summed E-state index contributed by atoms with van der Waals surface area (Å²) >= 11 is 0. The summed E-state index contributed by atoms with van der Waals surface area (Å²) < 4.78 is 5.34. The Morgan fingerprint density at radius 3 is 3.17 bits per heavy atom. The van der Waals surface area contributed by atoms with Crippen LogP contribution in [0.3, 0.4) is 0 Å². The van der Waals surface area contributed by atoms with Crippen LogP contribution < -0.4 is 10.6 Å². The maximum atomic E-state index is 10.1. The molecule has 0 amide bonds. The predicted molar refractivity (Wildman–Crippen MR) is 43.1 cm³/mol. The van der Waals surface area contributed by atoms with E-state index in [0.717, 1.165) is 13.1 Å². The highest BCUT2D eigenvalue weighted by atomic mass is 16.5. The van der Waals surface area contributed by atoms with Crippen molar-refractivity contribution in [2.24, 2.45) is 0 Å². The molecule has 5 heteroatoms. The fourth-order valence-electron chi connectivity index (χ4n) is 1.09. The zero-order chi connectivity index (χ0) is 8.81. The first-order chi connectivity index (χ1) is 5.79. The van der Waals surface area contributed by atoms with Crippen molar-refractivity contribution >= 4 is 5.97 Å². The maximum Gasteiger partial charge on any atom is 0.317 e. The van der Waals surface area contributed by atoms with Gasteiger partial charge in [0, 0.05) is 19.6 Å². The third-order valence-corrected chi connectivity index (χ3v) is 1.65. The van der Waals surface area contributed by atoms with Crippen molar-refractivity contribution < 1.29 is 14.6 Å². The highest BCUT2D eigenvalue weighted by Gasteiger charge is 2.12. The first-order valence-electron chi connectivity index (χ1n) is 4.04. The lowest BCUT2D eigenvalue weighted by atomic mass is 10.3. The number of carboxylic acids is 1. The van der Waals surface area contributed by atoms with Gasteiger partial charge in [-0.3, -0.25) is 4.79 Å². The summed E-state index contributed by atoms with van der Waals surface area (Å²) in [7, 11) is 0. The Morgan fingerprint density at radius 2 is 2.58 bits per heavy atom. The molecule has 1 saturated heterocycles. The van der Waals surface area contributed by atoms with Gasteiger partial charge in [0.1, 0.15) is 0 Å². The average molecular weight is 174 g/mol. The van der Waals surface area contributed by atoms with Crippen molar-refractivity contribution in [2.75, 3.05) is 32.8 Å². The Hall–Kier alpha value is -0.650. The zero-order valence-electron chi connectivity index (χ0n) is 6.88. The summed E-state index contributed by atoms with van der Waals surface area (Å²) in [5, 5.41) is 14.3. The minimum Gasteiger partial charge on any atom is -0.480 e. The number of morpholine rings is 1. The fraction of sp³-hybridized carbons (Fsp3) is 0.857. The van der Waals surface area contributed by atoms with Crippen LogP contribution in [-0.4, -0.2) is 50.0 Å². The van der Waals surface area contributed by atoms with Crippen LogP contribution in [0.25, 0.3) is 0 Å². The predicted octanol–water partition coefficient (Wildman–Crippen LogP) is -1.35. The van der Waals surface area contributed by atoms with Crippen molar-refractivity contribution in [3.05, 3.63) is 0 Å². The average Bonchev–Trinajstić information content (AvgIpc) is 2.05. The lowest BCUT2D eigenvalue weighted by Crippen LogP contribution is -2.44. The molecule has 1 atom stereocenters. The molecule has 0 saturated carbocycles. The molecule has 1 aliphatic heterocycles. The van der Waals surface area contributed by atoms with Gasteiger partial charge in [0.25, 0.3) is 0 Å². The van der Waals surface area contributed by atoms with E-state index < -0.39 is 5.97 Å². The van der Waals surface area contributed by atoms with Gasteiger partial charge in [-0.05, 0) is 0 Å².